The van der Waals surface area contributed by atoms with Gasteiger partial charge in [-0.25, -0.2) is 8.42 Å². The molecule has 10 heteroatoms. The van der Waals surface area contributed by atoms with Crippen LogP contribution in [0.25, 0.3) is 0 Å². The van der Waals surface area contributed by atoms with Gasteiger partial charge in [0.2, 0.25) is 10.0 Å². The Labute approximate surface area is 176 Å². The zero-order valence-electron chi connectivity index (χ0n) is 17.5. The summed E-state index contributed by atoms with van der Waals surface area (Å²) in [5.74, 6) is 0.915. The molecule has 1 saturated heterocycles. The van der Waals surface area contributed by atoms with E-state index in [1.54, 1.807) is 7.05 Å². The number of carbonyl (C=O) groups excluding carboxylic acids is 1. The number of aryl methyl sites for hydroxylation is 1. The Morgan fingerprint density at radius 3 is 2.57 bits per heavy atom. The fraction of sp³-hybridized carbons (Fsp3) is 0.600. The monoisotopic (exact) mass is 430 g/mol. The quantitative estimate of drug-likeness (QED) is 0.773. The van der Waals surface area contributed by atoms with Crippen LogP contribution >= 0.6 is 0 Å². The summed E-state index contributed by atoms with van der Waals surface area (Å²) in [5, 5.41) is 15.9. The lowest BCUT2D eigenvalue weighted by Crippen LogP contribution is -2.50. The predicted molar refractivity (Wildman–Crippen MR) is 109 cm³/mol. The van der Waals surface area contributed by atoms with Crippen LogP contribution in [0.1, 0.15) is 39.5 Å². The van der Waals surface area contributed by atoms with Gasteiger partial charge in [-0.15, -0.1) is 5.11 Å². The summed E-state index contributed by atoms with van der Waals surface area (Å²) in [5.41, 5.74) is 2.23. The van der Waals surface area contributed by atoms with Crippen molar-refractivity contribution in [1.29, 1.82) is 0 Å². The van der Waals surface area contributed by atoms with Gasteiger partial charge in [-0.1, -0.05) is 13.8 Å². The van der Waals surface area contributed by atoms with Crippen molar-refractivity contribution in [2.75, 3.05) is 19.6 Å². The first-order valence-corrected chi connectivity index (χ1v) is 11.7. The van der Waals surface area contributed by atoms with Crippen molar-refractivity contribution in [2.45, 2.75) is 44.4 Å². The SMILES string of the molecule is Cn1cc(S(=O)(=O)N2CCC3(CC2)C2=C(N=NC2)NC2=C3C(=O)CC(C)(C)C2)cn1. The van der Waals surface area contributed by atoms with Gasteiger partial charge in [-0.05, 0) is 24.7 Å². The molecule has 0 atom stereocenters. The van der Waals surface area contributed by atoms with Gasteiger partial charge in [0.1, 0.15) is 4.90 Å². The highest BCUT2D eigenvalue weighted by Gasteiger charge is 2.53. The van der Waals surface area contributed by atoms with Crippen LogP contribution in [-0.4, -0.2) is 47.9 Å². The molecule has 160 valence electrons. The first kappa shape index (κ1) is 19.6. The second-order valence-electron chi connectivity index (χ2n) is 9.48. The number of sulfonamides is 1. The summed E-state index contributed by atoms with van der Waals surface area (Å²) in [6.07, 6.45) is 5.30. The van der Waals surface area contributed by atoms with Gasteiger partial charge >= 0.3 is 0 Å². The predicted octanol–water partition coefficient (Wildman–Crippen LogP) is 2.11. The van der Waals surface area contributed by atoms with Crippen LogP contribution in [0.15, 0.2) is 50.2 Å². The van der Waals surface area contributed by atoms with Crippen LogP contribution in [0.3, 0.4) is 0 Å². The number of piperidine rings is 1. The maximum atomic E-state index is 13.3. The van der Waals surface area contributed by atoms with Gasteiger partial charge in [-0.3, -0.25) is 9.48 Å². The molecule has 1 spiro atoms. The molecule has 0 saturated carbocycles. The van der Waals surface area contributed by atoms with Crippen LogP contribution in [0, 0.1) is 10.8 Å². The Morgan fingerprint density at radius 2 is 1.90 bits per heavy atom. The zero-order chi connectivity index (χ0) is 21.3. The van der Waals surface area contributed by atoms with Crippen LogP contribution < -0.4 is 5.32 Å². The fourth-order valence-electron chi connectivity index (χ4n) is 5.41. The standard InChI is InChI=1S/C20H26N6O3S/c1-19(2)8-15-17(16(27)9-19)20(14-11-21-24-18(14)23-15)4-6-26(7-5-20)30(28,29)13-10-22-25(3)12-13/h10,12,23H,4-9,11H2,1-3H3. The molecular formula is C20H26N6O3S. The fourth-order valence-corrected chi connectivity index (χ4v) is 6.84. The molecule has 0 aromatic carbocycles. The van der Waals surface area contributed by atoms with E-state index in [2.05, 4.69) is 34.5 Å². The normalized spacial score (nSPS) is 25.5. The highest BCUT2D eigenvalue weighted by molar-refractivity contribution is 7.89. The number of rotatable bonds is 2. The summed E-state index contributed by atoms with van der Waals surface area (Å²) in [6, 6.07) is 0. The smallest absolute Gasteiger partial charge is 0.246 e. The van der Waals surface area contributed by atoms with Gasteiger partial charge in [-0.2, -0.15) is 14.5 Å². The summed E-state index contributed by atoms with van der Waals surface area (Å²) >= 11 is 0. The van der Waals surface area contributed by atoms with Gasteiger partial charge in [0, 0.05) is 55.0 Å². The number of Topliss-reactive ketones (excluding diaryl/α,β-unsaturated/α-hetero) is 1. The lowest BCUT2D eigenvalue weighted by Gasteiger charge is -2.48. The van der Waals surface area contributed by atoms with Crippen molar-refractivity contribution in [3.05, 3.63) is 35.1 Å². The molecule has 1 aromatic heterocycles. The number of aromatic nitrogens is 2. The van der Waals surface area contributed by atoms with Crippen molar-refractivity contribution in [3.63, 3.8) is 0 Å². The molecular weight excluding hydrogens is 404 g/mol. The molecule has 3 aliphatic heterocycles. The number of nitrogens with one attached hydrogen (secondary N) is 1. The van der Waals surface area contributed by atoms with E-state index in [-0.39, 0.29) is 16.1 Å². The minimum Gasteiger partial charge on any atom is -0.342 e. The molecule has 1 N–H and O–H groups in total. The van der Waals surface area contributed by atoms with Gasteiger partial charge in [0.25, 0.3) is 0 Å². The Morgan fingerprint density at radius 1 is 1.17 bits per heavy atom. The highest BCUT2D eigenvalue weighted by atomic mass is 32.2. The molecule has 1 fully saturated rings. The maximum absolute atomic E-state index is 13.3. The van der Waals surface area contributed by atoms with E-state index in [0.717, 1.165) is 29.1 Å². The number of allylic oxidation sites excluding steroid dienone is 2. The average molecular weight is 431 g/mol. The Kier molecular flexibility index (Phi) is 4.14. The van der Waals surface area contributed by atoms with E-state index in [0.29, 0.717) is 38.9 Å². The lowest BCUT2D eigenvalue weighted by atomic mass is 9.60. The summed E-state index contributed by atoms with van der Waals surface area (Å²) < 4.78 is 29.1. The van der Waals surface area contributed by atoms with Gasteiger partial charge in [0.15, 0.2) is 11.6 Å². The Balaban J connectivity index is 1.50. The first-order valence-electron chi connectivity index (χ1n) is 10.3. The summed E-state index contributed by atoms with van der Waals surface area (Å²) in [7, 11) is -1.91. The Bertz CT molecular complexity index is 1130. The number of fused-ring (bicyclic) bond motifs is 2. The number of ketones is 1. The van der Waals surface area contributed by atoms with Crippen molar-refractivity contribution < 1.29 is 13.2 Å². The van der Waals surface area contributed by atoms with E-state index in [1.165, 1.54) is 21.4 Å². The first-order chi connectivity index (χ1) is 14.1. The number of carbonyl (C=O) groups is 1. The second-order valence-corrected chi connectivity index (χ2v) is 11.4. The van der Waals surface area contributed by atoms with Crippen LogP contribution in [0.5, 0.6) is 0 Å². The largest absolute Gasteiger partial charge is 0.342 e. The Hall–Kier alpha value is -2.33. The molecule has 5 rings (SSSR count). The third kappa shape index (κ3) is 2.80. The molecule has 9 nitrogen and oxygen atoms in total. The number of hydrogen-bond donors (Lipinski definition) is 1. The maximum Gasteiger partial charge on any atom is 0.246 e. The third-order valence-electron chi connectivity index (χ3n) is 6.78. The van der Waals surface area contributed by atoms with Crippen LogP contribution in [0.2, 0.25) is 0 Å². The van der Waals surface area contributed by atoms with Crippen molar-refractivity contribution in [1.82, 2.24) is 19.4 Å². The van der Waals surface area contributed by atoms with E-state index >= 15 is 0 Å². The topological polar surface area (TPSA) is 109 Å². The number of nitrogens with zero attached hydrogens (tertiary/aromatic N) is 5. The van der Waals surface area contributed by atoms with Crippen molar-refractivity contribution >= 4 is 15.8 Å². The number of azo groups is 1. The number of dihydropyridines is 1. The third-order valence-corrected chi connectivity index (χ3v) is 8.63. The highest BCUT2D eigenvalue weighted by Crippen LogP contribution is 2.55. The molecule has 30 heavy (non-hydrogen) atoms. The molecule has 0 radical (unpaired) electrons. The van der Waals surface area contributed by atoms with Crippen LogP contribution in [0.4, 0.5) is 0 Å². The van der Waals surface area contributed by atoms with E-state index in [9.17, 15) is 13.2 Å². The van der Waals surface area contributed by atoms with Crippen molar-refractivity contribution in [2.24, 2.45) is 28.1 Å². The molecule has 1 aromatic rings. The second kappa shape index (κ2) is 6.34. The van der Waals surface area contributed by atoms with E-state index < -0.39 is 15.4 Å². The molecule has 4 heterocycles. The summed E-state index contributed by atoms with van der Waals surface area (Å²) in [4.78, 5) is 13.5. The van der Waals surface area contributed by atoms with E-state index in [4.69, 9.17) is 0 Å². The average Bonchev–Trinajstić information content (AvgIpc) is 3.30. The molecule has 0 amide bonds. The zero-order valence-corrected chi connectivity index (χ0v) is 18.3. The molecule has 1 aliphatic carbocycles. The minimum absolute atomic E-state index is 0.109. The van der Waals surface area contributed by atoms with E-state index in [1.807, 2.05) is 0 Å². The minimum atomic E-state index is -3.61. The number of hydrogen-bond acceptors (Lipinski definition) is 7. The van der Waals surface area contributed by atoms with Crippen molar-refractivity contribution in [3.8, 4) is 0 Å². The summed E-state index contributed by atoms with van der Waals surface area (Å²) in [6.45, 7) is 5.37. The molecule has 4 aliphatic rings. The van der Waals surface area contributed by atoms with Gasteiger partial charge in [0.05, 0.1) is 12.7 Å². The molecule has 0 unspecified atom stereocenters. The van der Waals surface area contributed by atoms with Crippen LogP contribution in [-0.2, 0) is 21.9 Å². The molecule has 0 bridgehead atoms. The lowest BCUT2D eigenvalue weighted by molar-refractivity contribution is -0.119. The van der Waals surface area contributed by atoms with Gasteiger partial charge < -0.3 is 5.32 Å².